The van der Waals surface area contributed by atoms with E-state index in [1.165, 1.54) is 6.07 Å². The summed E-state index contributed by atoms with van der Waals surface area (Å²) in [6, 6.07) is 4.62. The normalized spacial score (nSPS) is 17.6. The van der Waals surface area contributed by atoms with E-state index in [2.05, 4.69) is 16.8 Å². The highest BCUT2D eigenvalue weighted by Gasteiger charge is 2.24. The Morgan fingerprint density at radius 1 is 1.33 bits per heavy atom. The van der Waals surface area contributed by atoms with Gasteiger partial charge in [-0.2, -0.15) is 0 Å². The number of benzene rings is 1. The minimum absolute atomic E-state index is 0.0121. The van der Waals surface area contributed by atoms with Crippen molar-refractivity contribution < 1.29 is 9.50 Å². The lowest BCUT2D eigenvalue weighted by molar-refractivity contribution is 0.159. The van der Waals surface area contributed by atoms with E-state index in [1.807, 2.05) is 6.08 Å². The number of piperazine rings is 1. The quantitative estimate of drug-likeness (QED) is 0.598. The zero-order valence-corrected chi connectivity index (χ0v) is 12.5. The number of rotatable bonds is 7. The molecule has 2 N–H and O–H groups in total. The second-order valence-electron chi connectivity index (χ2n) is 5.58. The highest BCUT2D eigenvalue weighted by Crippen LogP contribution is 2.30. The molecule has 0 saturated carbocycles. The van der Waals surface area contributed by atoms with Crippen molar-refractivity contribution in [2.45, 2.75) is 31.7 Å². The van der Waals surface area contributed by atoms with Crippen molar-refractivity contribution in [2.24, 2.45) is 0 Å². The van der Waals surface area contributed by atoms with Gasteiger partial charge in [0.2, 0.25) is 0 Å². The van der Waals surface area contributed by atoms with Crippen LogP contribution in [-0.2, 0) is 0 Å². The van der Waals surface area contributed by atoms with E-state index < -0.39 is 0 Å². The van der Waals surface area contributed by atoms with Crippen LogP contribution in [0, 0.1) is 5.82 Å². The predicted molar refractivity (Wildman–Crippen MR) is 83.9 cm³/mol. The van der Waals surface area contributed by atoms with Crippen LogP contribution >= 0.6 is 0 Å². The summed E-state index contributed by atoms with van der Waals surface area (Å²) in [6.45, 7) is 7.51. The Hall–Kier alpha value is -1.39. The van der Waals surface area contributed by atoms with Crippen LogP contribution in [0.15, 0.2) is 30.9 Å². The van der Waals surface area contributed by atoms with Crippen LogP contribution in [0.3, 0.4) is 0 Å². The number of unbranched alkanes of at least 4 members (excludes halogenated alkanes) is 2. The van der Waals surface area contributed by atoms with Crippen molar-refractivity contribution in [3.8, 4) is 5.75 Å². The third-order valence-electron chi connectivity index (χ3n) is 4.07. The summed E-state index contributed by atoms with van der Waals surface area (Å²) in [6.07, 6.45) is 6.02. The number of aromatic hydroxyl groups is 1. The van der Waals surface area contributed by atoms with Gasteiger partial charge in [0.1, 0.15) is 11.6 Å². The monoisotopic (exact) mass is 292 g/mol. The molecule has 0 unspecified atom stereocenters. The third kappa shape index (κ3) is 4.55. The van der Waals surface area contributed by atoms with E-state index in [4.69, 9.17) is 0 Å². The molecule has 0 aliphatic carbocycles. The number of nitrogens with zero attached hydrogens (tertiary/aromatic N) is 1. The van der Waals surface area contributed by atoms with Crippen molar-refractivity contribution in [2.75, 3.05) is 26.2 Å². The number of allylic oxidation sites excluding steroid dienone is 1. The Labute approximate surface area is 126 Å². The summed E-state index contributed by atoms with van der Waals surface area (Å²) in [5, 5.41) is 12.7. The largest absolute Gasteiger partial charge is 0.508 e. The molecule has 0 amide bonds. The first-order valence-corrected chi connectivity index (χ1v) is 7.76. The van der Waals surface area contributed by atoms with Crippen molar-refractivity contribution in [1.82, 2.24) is 10.2 Å². The molecule has 0 spiro atoms. The summed E-state index contributed by atoms with van der Waals surface area (Å²) in [5.41, 5.74) is 0.702. The van der Waals surface area contributed by atoms with E-state index in [1.54, 1.807) is 12.1 Å². The van der Waals surface area contributed by atoms with Crippen molar-refractivity contribution >= 4 is 0 Å². The first kappa shape index (κ1) is 16.0. The lowest BCUT2D eigenvalue weighted by Gasteiger charge is -2.35. The Morgan fingerprint density at radius 2 is 2.10 bits per heavy atom. The maximum absolute atomic E-state index is 14.2. The van der Waals surface area contributed by atoms with E-state index in [0.717, 1.165) is 51.9 Å². The predicted octanol–water partition coefficient (Wildman–Crippen LogP) is 3.22. The van der Waals surface area contributed by atoms with Gasteiger partial charge in [0, 0.05) is 43.9 Å². The van der Waals surface area contributed by atoms with Crippen LogP contribution in [-0.4, -0.2) is 36.2 Å². The van der Waals surface area contributed by atoms with E-state index in [0.29, 0.717) is 5.56 Å². The second-order valence-corrected chi connectivity index (χ2v) is 5.58. The summed E-state index contributed by atoms with van der Waals surface area (Å²) < 4.78 is 14.2. The SMILES string of the molecule is C=CCCCC[C@@H](c1ccc(O)cc1F)N1CCNCC1. The molecule has 1 aromatic carbocycles. The van der Waals surface area contributed by atoms with Gasteiger partial charge in [0.15, 0.2) is 0 Å². The van der Waals surface area contributed by atoms with Crippen LogP contribution in [0.4, 0.5) is 4.39 Å². The minimum atomic E-state index is -0.303. The molecule has 21 heavy (non-hydrogen) atoms. The average molecular weight is 292 g/mol. The number of halogens is 1. The molecule has 116 valence electrons. The molecule has 1 atom stereocenters. The van der Waals surface area contributed by atoms with Gasteiger partial charge in [0.25, 0.3) is 0 Å². The molecule has 1 saturated heterocycles. The molecule has 4 heteroatoms. The molecule has 1 aromatic rings. The van der Waals surface area contributed by atoms with E-state index >= 15 is 0 Å². The number of phenolic OH excluding ortho intramolecular Hbond substituents is 1. The molecule has 1 aliphatic rings. The van der Waals surface area contributed by atoms with Crippen LogP contribution in [0.2, 0.25) is 0 Å². The summed E-state index contributed by atoms with van der Waals surface area (Å²) in [7, 11) is 0. The molecule has 0 bridgehead atoms. The highest BCUT2D eigenvalue weighted by atomic mass is 19.1. The van der Waals surface area contributed by atoms with Gasteiger partial charge in [-0.3, -0.25) is 4.90 Å². The van der Waals surface area contributed by atoms with Crippen LogP contribution in [0.25, 0.3) is 0 Å². The summed E-state index contributed by atoms with van der Waals surface area (Å²) in [5.74, 6) is -0.316. The molecule has 0 aromatic heterocycles. The Morgan fingerprint density at radius 3 is 2.76 bits per heavy atom. The topological polar surface area (TPSA) is 35.5 Å². The van der Waals surface area contributed by atoms with Gasteiger partial charge in [-0.05, 0) is 25.3 Å². The van der Waals surface area contributed by atoms with Crippen LogP contribution in [0.5, 0.6) is 5.75 Å². The molecule has 2 rings (SSSR count). The number of phenols is 1. The zero-order valence-electron chi connectivity index (χ0n) is 12.5. The van der Waals surface area contributed by atoms with Crippen molar-refractivity contribution in [3.63, 3.8) is 0 Å². The van der Waals surface area contributed by atoms with E-state index in [9.17, 15) is 9.50 Å². The van der Waals surface area contributed by atoms with Crippen molar-refractivity contribution in [3.05, 3.63) is 42.2 Å². The fourth-order valence-electron chi connectivity index (χ4n) is 2.94. The fraction of sp³-hybridized carbons (Fsp3) is 0.529. The molecule has 1 aliphatic heterocycles. The minimum Gasteiger partial charge on any atom is -0.508 e. The van der Waals surface area contributed by atoms with E-state index in [-0.39, 0.29) is 17.6 Å². The maximum Gasteiger partial charge on any atom is 0.131 e. The first-order chi connectivity index (χ1) is 10.2. The fourth-order valence-corrected chi connectivity index (χ4v) is 2.94. The number of nitrogens with one attached hydrogen (secondary N) is 1. The summed E-state index contributed by atoms with van der Waals surface area (Å²) in [4.78, 5) is 2.35. The Bertz CT molecular complexity index is 458. The third-order valence-corrected chi connectivity index (χ3v) is 4.07. The van der Waals surface area contributed by atoms with Gasteiger partial charge < -0.3 is 10.4 Å². The molecular weight excluding hydrogens is 267 g/mol. The smallest absolute Gasteiger partial charge is 0.131 e. The first-order valence-electron chi connectivity index (χ1n) is 7.76. The number of hydrogen-bond acceptors (Lipinski definition) is 3. The standard InChI is InChI=1S/C17H25FN2O/c1-2-3-4-5-6-17(20-11-9-19-10-12-20)15-8-7-14(21)13-16(15)18/h2,7-8,13,17,19,21H,1,3-6,9-12H2/t17-/m0/s1. The number of hydrogen-bond donors (Lipinski definition) is 2. The van der Waals surface area contributed by atoms with Gasteiger partial charge >= 0.3 is 0 Å². The molecule has 1 heterocycles. The van der Waals surface area contributed by atoms with Crippen LogP contribution in [0.1, 0.15) is 37.3 Å². The molecular formula is C17H25FN2O. The van der Waals surface area contributed by atoms with Crippen molar-refractivity contribution in [1.29, 1.82) is 0 Å². The average Bonchev–Trinajstić information content (AvgIpc) is 2.49. The zero-order chi connectivity index (χ0) is 15.1. The van der Waals surface area contributed by atoms with Gasteiger partial charge in [0.05, 0.1) is 0 Å². The Kier molecular flexibility index (Phi) is 6.21. The second kappa shape index (κ2) is 8.15. The highest BCUT2D eigenvalue weighted by molar-refractivity contribution is 5.30. The van der Waals surface area contributed by atoms with Gasteiger partial charge in [-0.1, -0.05) is 18.6 Å². The lowest BCUT2D eigenvalue weighted by Crippen LogP contribution is -2.45. The molecule has 1 fully saturated rings. The van der Waals surface area contributed by atoms with Crippen LogP contribution < -0.4 is 5.32 Å². The molecule has 3 nitrogen and oxygen atoms in total. The van der Waals surface area contributed by atoms with Gasteiger partial charge in [-0.25, -0.2) is 4.39 Å². The van der Waals surface area contributed by atoms with Gasteiger partial charge in [-0.15, -0.1) is 6.58 Å². The Balaban J connectivity index is 2.11. The maximum atomic E-state index is 14.2. The summed E-state index contributed by atoms with van der Waals surface area (Å²) >= 11 is 0. The lowest BCUT2D eigenvalue weighted by atomic mass is 9.97. The molecule has 0 radical (unpaired) electrons.